The van der Waals surface area contributed by atoms with Crippen LogP contribution in [-0.4, -0.2) is 26.2 Å². The summed E-state index contributed by atoms with van der Waals surface area (Å²) in [6.45, 7) is -0.145. The molecule has 0 aromatic heterocycles. The van der Waals surface area contributed by atoms with Crippen LogP contribution in [0.4, 0.5) is 8.78 Å². The van der Waals surface area contributed by atoms with E-state index in [0.29, 0.717) is 0 Å². The third-order valence-corrected chi connectivity index (χ3v) is 0.694. The molecule has 58 valence electrons. The number of rotatable bonds is 5. The van der Waals surface area contributed by atoms with E-state index in [1.165, 1.54) is 0 Å². The molecule has 0 aliphatic rings. The minimum atomic E-state index is -2.43. The first-order valence-corrected chi connectivity index (χ1v) is 2.75. The average molecular weight is 150 g/mol. The minimum Gasteiger partial charge on any atom is -0.374 e. The molecule has 0 heterocycles. The normalized spacial score (nSPS) is 9.40. The molecule has 0 bridgehead atoms. The van der Waals surface area contributed by atoms with Crippen molar-refractivity contribution in [3.05, 3.63) is 0 Å². The first kappa shape index (κ1) is 9.11. The van der Waals surface area contributed by atoms with Crippen LogP contribution in [0, 0.1) is 11.5 Å². The summed E-state index contributed by atoms with van der Waals surface area (Å²) in [6, 6.07) is 0. The van der Waals surface area contributed by atoms with Crippen molar-refractivity contribution < 1.29 is 13.5 Å². The molecule has 0 aliphatic carbocycles. The quantitative estimate of drug-likeness (QED) is 0.349. The largest absolute Gasteiger partial charge is 0.374 e. The Balaban J connectivity index is 2.86. The van der Waals surface area contributed by atoms with E-state index >= 15 is 0 Å². The predicted molar refractivity (Wildman–Crippen MR) is 30.4 cm³/mol. The van der Waals surface area contributed by atoms with Crippen LogP contribution in [0.5, 0.6) is 0 Å². The molecule has 0 amide bonds. The van der Waals surface area contributed by atoms with Gasteiger partial charge < -0.3 is 10.1 Å². The number of halogens is 2. The highest BCUT2D eigenvalue weighted by molar-refractivity contribution is 4.62. The van der Waals surface area contributed by atoms with Crippen molar-refractivity contribution in [1.82, 2.24) is 5.32 Å². The molecule has 0 fully saturated rings. The predicted octanol–water partition coefficient (Wildman–Crippen LogP) is 0.339. The molecule has 0 aliphatic heterocycles. The number of nitrogens with one attached hydrogen (secondary N) is 1. The second kappa shape index (κ2) is 6.23. The third-order valence-electron chi connectivity index (χ3n) is 0.694. The Morgan fingerprint density at radius 3 is 2.80 bits per heavy atom. The van der Waals surface area contributed by atoms with Crippen molar-refractivity contribution in [2.24, 2.45) is 0 Å². The number of alkyl halides is 2. The van der Waals surface area contributed by atoms with Crippen molar-refractivity contribution in [2.45, 2.75) is 6.43 Å². The molecule has 10 heavy (non-hydrogen) atoms. The molecule has 0 radical (unpaired) electrons. The zero-order valence-corrected chi connectivity index (χ0v) is 5.31. The van der Waals surface area contributed by atoms with Gasteiger partial charge in [-0.25, -0.2) is 8.78 Å². The second-order valence-electron chi connectivity index (χ2n) is 1.50. The maximum absolute atomic E-state index is 11.3. The van der Waals surface area contributed by atoms with E-state index in [1.54, 1.807) is 6.19 Å². The van der Waals surface area contributed by atoms with Gasteiger partial charge in [0.2, 0.25) is 0 Å². The average Bonchev–Trinajstić information content (AvgIpc) is 1.87. The van der Waals surface area contributed by atoms with Gasteiger partial charge in [0.25, 0.3) is 6.43 Å². The number of nitrogens with zero attached hydrogens (tertiary/aromatic N) is 1. The van der Waals surface area contributed by atoms with Gasteiger partial charge in [-0.05, 0) is 0 Å². The zero-order chi connectivity index (χ0) is 7.82. The molecule has 0 spiro atoms. The molecule has 0 rings (SSSR count). The maximum atomic E-state index is 11.3. The summed E-state index contributed by atoms with van der Waals surface area (Å²) >= 11 is 0. The number of hydrogen-bond donors (Lipinski definition) is 1. The number of hydrogen-bond acceptors (Lipinski definition) is 3. The topological polar surface area (TPSA) is 45.0 Å². The monoisotopic (exact) mass is 150 g/mol. The van der Waals surface area contributed by atoms with E-state index in [9.17, 15) is 8.78 Å². The molecule has 0 atom stereocenters. The highest BCUT2D eigenvalue weighted by Gasteiger charge is 1.99. The number of nitriles is 1. The van der Waals surface area contributed by atoms with Crippen LogP contribution in [-0.2, 0) is 4.74 Å². The molecular weight excluding hydrogens is 142 g/mol. The maximum Gasteiger partial charge on any atom is 0.261 e. The summed E-state index contributed by atoms with van der Waals surface area (Å²) in [6.07, 6.45) is -0.790. The first-order valence-electron chi connectivity index (χ1n) is 2.75. The van der Waals surface area contributed by atoms with Gasteiger partial charge in [0, 0.05) is 6.54 Å². The van der Waals surface area contributed by atoms with Gasteiger partial charge in [0.05, 0.1) is 6.61 Å². The molecule has 0 saturated heterocycles. The lowest BCUT2D eigenvalue weighted by molar-refractivity contribution is 0.0195. The van der Waals surface area contributed by atoms with Gasteiger partial charge in [0.1, 0.15) is 6.61 Å². The molecule has 0 saturated carbocycles. The molecular formula is C5H8F2N2O. The Morgan fingerprint density at radius 1 is 1.60 bits per heavy atom. The Labute approximate surface area is 57.6 Å². The van der Waals surface area contributed by atoms with Crippen LogP contribution < -0.4 is 5.32 Å². The van der Waals surface area contributed by atoms with Crippen molar-refractivity contribution in [3.63, 3.8) is 0 Å². The van der Waals surface area contributed by atoms with Gasteiger partial charge in [-0.2, -0.15) is 5.26 Å². The second-order valence-corrected chi connectivity index (χ2v) is 1.50. The highest BCUT2D eigenvalue weighted by atomic mass is 19.3. The lowest BCUT2D eigenvalue weighted by Gasteiger charge is -2.00. The van der Waals surface area contributed by atoms with Crippen LogP contribution in [0.3, 0.4) is 0 Å². The Kier molecular flexibility index (Phi) is 5.68. The Hall–Kier alpha value is -0.890. The van der Waals surface area contributed by atoms with Crippen molar-refractivity contribution in [3.8, 4) is 6.19 Å². The van der Waals surface area contributed by atoms with Crippen molar-refractivity contribution in [1.29, 1.82) is 5.26 Å². The number of ether oxygens (including phenoxy) is 1. The lowest BCUT2D eigenvalue weighted by Crippen LogP contribution is -2.16. The summed E-state index contributed by atoms with van der Waals surface area (Å²) < 4.78 is 27.1. The molecule has 1 N–H and O–H groups in total. The molecule has 0 aromatic rings. The fourth-order valence-corrected chi connectivity index (χ4v) is 0.352. The minimum absolute atomic E-state index is 0.137. The molecule has 5 heteroatoms. The van der Waals surface area contributed by atoms with E-state index in [-0.39, 0.29) is 13.2 Å². The highest BCUT2D eigenvalue weighted by Crippen LogP contribution is 1.90. The molecule has 0 aromatic carbocycles. The Morgan fingerprint density at radius 2 is 2.30 bits per heavy atom. The Bertz CT molecular complexity index is 113. The van der Waals surface area contributed by atoms with Crippen molar-refractivity contribution in [2.75, 3.05) is 19.8 Å². The standard InChI is InChI=1S/C5H8F2N2O/c6-5(7)3-10-2-1-9-4-8/h5,9H,1-3H2. The van der Waals surface area contributed by atoms with Crippen molar-refractivity contribution >= 4 is 0 Å². The van der Waals surface area contributed by atoms with Gasteiger partial charge in [-0.15, -0.1) is 0 Å². The zero-order valence-electron chi connectivity index (χ0n) is 5.31. The van der Waals surface area contributed by atoms with E-state index in [1.807, 2.05) is 0 Å². The van der Waals surface area contributed by atoms with Crippen LogP contribution >= 0.6 is 0 Å². The van der Waals surface area contributed by atoms with Gasteiger partial charge in [-0.3, -0.25) is 0 Å². The van der Waals surface area contributed by atoms with Gasteiger partial charge in [-0.1, -0.05) is 0 Å². The molecule has 0 unspecified atom stereocenters. The third kappa shape index (κ3) is 7.11. The fourth-order valence-electron chi connectivity index (χ4n) is 0.352. The van der Waals surface area contributed by atoms with Crippen LogP contribution in [0.25, 0.3) is 0 Å². The van der Waals surface area contributed by atoms with E-state index < -0.39 is 13.0 Å². The van der Waals surface area contributed by atoms with Crippen LogP contribution in [0.15, 0.2) is 0 Å². The van der Waals surface area contributed by atoms with Gasteiger partial charge >= 0.3 is 0 Å². The van der Waals surface area contributed by atoms with Crippen LogP contribution in [0.2, 0.25) is 0 Å². The summed E-state index contributed by atoms with van der Waals surface area (Å²) in [5.74, 6) is 0. The summed E-state index contributed by atoms with van der Waals surface area (Å²) in [4.78, 5) is 0. The summed E-state index contributed by atoms with van der Waals surface area (Å²) in [5, 5.41) is 10.2. The first-order chi connectivity index (χ1) is 4.77. The SMILES string of the molecule is N#CNCCOCC(F)F. The summed E-state index contributed by atoms with van der Waals surface area (Å²) in [7, 11) is 0. The van der Waals surface area contributed by atoms with E-state index in [2.05, 4.69) is 10.1 Å². The smallest absolute Gasteiger partial charge is 0.261 e. The van der Waals surface area contributed by atoms with Gasteiger partial charge in [0.15, 0.2) is 6.19 Å². The van der Waals surface area contributed by atoms with Crippen LogP contribution in [0.1, 0.15) is 0 Å². The summed E-state index contributed by atoms with van der Waals surface area (Å²) in [5.41, 5.74) is 0. The lowest BCUT2D eigenvalue weighted by atomic mass is 10.7. The fraction of sp³-hybridized carbons (Fsp3) is 0.800. The van der Waals surface area contributed by atoms with E-state index in [0.717, 1.165) is 0 Å². The molecule has 3 nitrogen and oxygen atoms in total. The van der Waals surface area contributed by atoms with E-state index in [4.69, 9.17) is 5.26 Å².